The summed E-state index contributed by atoms with van der Waals surface area (Å²) in [6.07, 6.45) is 0. The largest absolute Gasteiger partial charge is 0.380 e. The maximum absolute atomic E-state index is 10.8. The van der Waals surface area contributed by atoms with Crippen molar-refractivity contribution in [3.63, 3.8) is 0 Å². The van der Waals surface area contributed by atoms with E-state index in [0.717, 1.165) is 51.6 Å². The average molecular weight is 279 g/mol. The molecule has 0 atom stereocenters. The SMILES string of the molecule is CCOCCN1CCN(c2cccc([N+](=O)[O-])c2)CC1. The summed E-state index contributed by atoms with van der Waals surface area (Å²) in [6.45, 7) is 8.21. The van der Waals surface area contributed by atoms with E-state index in [1.807, 2.05) is 13.0 Å². The van der Waals surface area contributed by atoms with Crippen LogP contribution in [-0.4, -0.2) is 55.8 Å². The smallest absolute Gasteiger partial charge is 0.271 e. The van der Waals surface area contributed by atoms with E-state index in [0.29, 0.717) is 0 Å². The van der Waals surface area contributed by atoms with Gasteiger partial charge in [-0.2, -0.15) is 0 Å². The molecule has 110 valence electrons. The van der Waals surface area contributed by atoms with Crippen molar-refractivity contribution in [2.75, 3.05) is 50.8 Å². The van der Waals surface area contributed by atoms with Crippen LogP contribution in [0.2, 0.25) is 0 Å². The third-order valence-corrected chi connectivity index (χ3v) is 3.53. The van der Waals surface area contributed by atoms with Gasteiger partial charge in [-0.1, -0.05) is 6.07 Å². The molecule has 2 rings (SSSR count). The van der Waals surface area contributed by atoms with Crippen molar-refractivity contribution in [1.29, 1.82) is 0 Å². The van der Waals surface area contributed by atoms with Gasteiger partial charge >= 0.3 is 0 Å². The Labute approximate surface area is 119 Å². The molecule has 1 aliphatic rings. The molecule has 0 unspecified atom stereocenters. The van der Waals surface area contributed by atoms with Gasteiger partial charge in [0.2, 0.25) is 0 Å². The quantitative estimate of drug-likeness (QED) is 0.451. The second-order valence-corrected chi connectivity index (χ2v) is 4.80. The predicted octanol–water partition coefficient (Wildman–Crippen LogP) is 1.75. The Morgan fingerprint density at radius 3 is 2.70 bits per heavy atom. The minimum absolute atomic E-state index is 0.154. The molecule has 1 saturated heterocycles. The average Bonchev–Trinajstić information content (AvgIpc) is 2.48. The fourth-order valence-corrected chi connectivity index (χ4v) is 2.37. The molecule has 20 heavy (non-hydrogen) atoms. The van der Waals surface area contributed by atoms with E-state index in [9.17, 15) is 10.1 Å². The second kappa shape index (κ2) is 7.21. The molecule has 6 nitrogen and oxygen atoms in total. The molecule has 1 fully saturated rings. The Balaban J connectivity index is 1.87. The normalized spacial score (nSPS) is 16.4. The number of nitro benzene ring substituents is 1. The van der Waals surface area contributed by atoms with Crippen LogP contribution in [0.3, 0.4) is 0 Å². The fourth-order valence-electron chi connectivity index (χ4n) is 2.37. The Kier molecular flexibility index (Phi) is 5.31. The van der Waals surface area contributed by atoms with Crippen LogP contribution in [0.15, 0.2) is 24.3 Å². The van der Waals surface area contributed by atoms with Gasteiger partial charge in [-0.3, -0.25) is 15.0 Å². The number of anilines is 1. The molecular weight excluding hydrogens is 258 g/mol. The molecule has 0 aliphatic carbocycles. The van der Waals surface area contributed by atoms with Gasteiger partial charge < -0.3 is 9.64 Å². The van der Waals surface area contributed by atoms with E-state index >= 15 is 0 Å². The summed E-state index contributed by atoms with van der Waals surface area (Å²) in [7, 11) is 0. The van der Waals surface area contributed by atoms with Gasteiger partial charge in [-0.15, -0.1) is 0 Å². The van der Waals surface area contributed by atoms with E-state index in [1.54, 1.807) is 12.1 Å². The van der Waals surface area contributed by atoms with Crippen LogP contribution < -0.4 is 4.90 Å². The van der Waals surface area contributed by atoms with Crippen molar-refractivity contribution >= 4 is 11.4 Å². The number of ether oxygens (including phenoxy) is 1. The van der Waals surface area contributed by atoms with Crippen LogP contribution in [-0.2, 0) is 4.74 Å². The Bertz CT molecular complexity index is 445. The van der Waals surface area contributed by atoms with Gasteiger partial charge in [0.15, 0.2) is 0 Å². The van der Waals surface area contributed by atoms with Crippen LogP contribution in [0.4, 0.5) is 11.4 Å². The first-order valence-electron chi connectivity index (χ1n) is 7.00. The van der Waals surface area contributed by atoms with Crippen molar-refractivity contribution in [2.45, 2.75) is 6.92 Å². The molecule has 0 bridgehead atoms. The first kappa shape index (κ1) is 14.7. The summed E-state index contributed by atoms with van der Waals surface area (Å²) in [5, 5.41) is 10.8. The van der Waals surface area contributed by atoms with E-state index in [-0.39, 0.29) is 10.6 Å². The zero-order valence-corrected chi connectivity index (χ0v) is 11.8. The van der Waals surface area contributed by atoms with Gasteiger partial charge in [0, 0.05) is 57.2 Å². The predicted molar refractivity (Wildman–Crippen MR) is 78.2 cm³/mol. The van der Waals surface area contributed by atoms with Crippen molar-refractivity contribution in [2.24, 2.45) is 0 Å². The number of benzene rings is 1. The van der Waals surface area contributed by atoms with Crippen LogP contribution >= 0.6 is 0 Å². The number of rotatable bonds is 6. The second-order valence-electron chi connectivity index (χ2n) is 4.80. The van der Waals surface area contributed by atoms with Crippen LogP contribution in [0.25, 0.3) is 0 Å². The first-order valence-corrected chi connectivity index (χ1v) is 7.00. The third kappa shape index (κ3) is 3.91. The van der Waals surface area contributed by atoms with Gasteiger partial charge in [-0.25, -0.2) is 0 Å². The summed E-state index contributed by atoms with van der Waals surface area (Å²) < 4.78 is 5.36. The monoisotopic (exact) mass is 279 g/mol. The molecule has 0 aromatic heterocycles. The first-order chi connectivity index (χ1) is 9.70. The molecule has 0 spiro atoms. The lowest BCUT2D eigenvalue weighted by Crippen LogP contribution is -2.47. The third-order valence-electron chi connectivity index (χ3n) is 3.53. The molecule has 1 aliphatic heterocycles. The zero-order chi connectivity index (χ0) is 14.4. The molecule has 0 saturated carbocycles. The Morgan fingerprint density at radius 2 is 2.05 bits per heavy atom. The summed E-state index contributed by atoms with van der Waals surface area (Å²) in [4.78, 5) is 15.0. The van der Waals surface area contributed by atoms with E-state index in [4.69, 9.17) is 4.74 Å². The highest BCUT2D eigenvalue weighted by atomic mass is 16.6. The van der Waals surface area contributed by atoms with E-state index in [2.05, 4.69) is 9.80 Å². The maximum atomic E-state index is 10.8. The van der Waals surface area contributed by atoms with Crippen molar-refractivity contribution in [1.82, 2.24) is 4.90 Å². The van der Waals surface area contributed by atoms with Crippen molar-refractivity contribution < 1.29 is 9.66 Å². The number of hydrogen-bond acceptors (Lipinski definition) is 5. The topological polar surface area (TPSA) is 58.8 Å². The minimum Gasteiger partial charge on any atom is -0.380 e. The number of nitro groups is 1. The number of nitrogens with zero attached hydrogens (tertiary/aromatic N) is 3. The number of non-ortho nitro benzene ring substituents is 1. The van der Waals surface area contributed by atoms with Crippen LogP contribution in [0.5, 0.6) is 0 Å². The molecule has 1 aromatic carbocycles. The van der Waals surface area contributed by atoms with Crippen molar-refractivity contribution in [3.8, 4) is 0 Å². The minimum atomic E-state index is -0.345. The lowest BCUT2D eigenvalue weighted by atomic mass is 10.2. The van der Waals surface area contributed by atoms with E-state index < -0.39 is 0 Å². The van der Waals surface area contributed by atoms with Gasteiger partial charge in [0.1, 0.15) is 0 Å². The fraction of sp³-hybridized carbons (Fsp3) is 0.571. The summed E-state index contributed by atoms with van der Waals surface area (Å²) in [6, 6.07) is 6.86. The molecule has 0 radical (unpaired) electrons. The van der Waals surface area contributed by atoms with Crippen molar-refractivity contribution in [3.05, 3.63) is 34.4 Å². The molecular formula is C14H21N3O3. The highest BCUT2D eigenvalue weighted by Gasteiger charge is 2.18. The Morgan fingerprint density at radius 1 is 1.30 bits per heavy atom. The molecule has 6 heteroatoms. The maximum Gasteiger partial charge on any atom is 0.271 e. The highest BCUT2D eigenvalue weighted by Crippen LogP contribution is 2.22. The Hall–Kier alpha value is -1.66. The highest BCUT2D eigenvalue weighted by molar-refractivity contribution is 5.53. The lowest BCUT2D eigenvalue weighted by molar-refractivity contribution is -0.384. The molecule has 0 N–H and O–H groups in total. The molecule has 1 heterocycles. The summed E-state index contributed by atoms with van der Waals surface area (Å²) >= 11 is 0. The standard InChI is InChI=1S/C14H21N3O3/c1-2-20-11-10-15-6-8-16(9-7-15)13-4-3-5-14(12-13)17(18)19/h3-5,12H,2,6-11H2,1H3. The van der Waals surface area contributed by atoms with Gasteiger partial charge in [0.05, 0.1) is 11.5 Å². The zero-order valence-electron chi connectivity index (χ0n) is 11.8. The summed E-state index contributed by atoms with van der Waals surface area (Å²) in [5.74, 6) is 0. The summed E-state index contributed by atoms with van der Waals surface area (Å²) in [5.41, 5.74) is 1.09. The lowest BCUT2D eigenvalue weighted by Gasteiger charge is -2.35. The van der Waals surface area contributed by atoms with E-state index in [1.165, 1.54) is 6.07 Å². The number of hydrogen-bond donors (Lipinski definition) is 0. The molecule has 0 amide bonds. The van der Waals surface area contributed by atoms with Gasteiger partial charge in [-0.05, 0) is 13.0 Å². The van der Waals surface area contributed by atoms with Crippen LogP contribution in [0, 0.1) is 10.1 Å². The number of piperazine rings is 1. The van der Waals surface area contributed by atoms with Crippen LogP contribution in [0.1, 0.15) is 6.92 Å². The van der Waals surface area contributed by atoms with Gasteiger partial charge in [0.25, 0.3) is 5.69 Å². The molecule has 1 aromatic rings.